The van der Waals surface area contributed by atoms with E-state index in [0.717, 1.165) is 81.2 Å². The first kappa shape index (κ1) is 20.3. The number of morpholine rings is 1. The minimum Gasteiger partial charge on any atom is -0.381 e. The molecule has 31 heavy (non-hydrogen) atoms. The average Bonchev–Trinajstić information content (AvgIpc) is 3.47. The zero-order valence-electron chi connectivity index (χ0n) is 18.1. The van der Waals surface area contributed by atoms with Crippen molar-refractivity contribution in [3.63, 3.8) is 0 Å². The molecule has 0 amide bonds. The topological polar surface area (TPSA) is 103 Å². The van der Waals surface area contributed by atoms with E-state index in [1.165, 1.54) is 0 Å². The maximum atomic E-state index is 5.72. The summed E-state index contributed by atoms with van der Waals surface area (Å²) in [7, 11) is 0. The average molecular weight is 428 g/mol. The summed E-state index contributed by atoms with van der Waals surface area (Å²) in [5, 5.41) is 13.5. The molecule has 1 N–H and O–H groups in total. The summed E-state index contributed by atoms with van der Waals surface area (Å²) in [4.78, 5) is 11.7. The molecule has 0 bridgehead atoms. The van der Waals surface area contributed by atoms with Crippen LogP contribution < -0.4 is 5.32 Å². The molecule has 2 saturated heterocycles. The van der Waals surface area contributed by atoms with E-state index in [-0.39, 0.29) is 6.04 Å². The summed E-state index contributed by atoms with van der Waals surface area (Å²) in [6.07, 6.45) is 5.59. The van der Waals surface area contributed by atoms with Crippen molar-refractivity contribution in [3.05, 3.63) is 18.2 Å². The van der Waals surface area contributed by atoms with Gasteiger partial charge >= 0.3 is 0 Å². The van der Waals surface area contributed by atoms with Crippen LogP contribution in [-0.2, 0) is 16.0 Å². The number of rotatable bonds is 6. The van der Waals surface area contributed by atoms with E-state index in [0.29, 0.717) is 17.8 Å². The number of nitrogens with one attached hydrogen (secondary N) is 1. The van der Waals surface area contributed by atoms with E-state index in [2.05, 4.69) is 39.3 Å². The Labute approximate surface area is 180 Å². The molecule has 10 nitrogen and oxygen atoms in total. The number of hydrogen-bond acceptors (Lipinski definition) is 9. The van der Waals surface area contributed by atoms with Crippen molar-refractivity contribution in [2.75, 3.05) is 44.8 Å². The summed E-state index contributed by atoms with van der Waals surface area (Å²) in [6.45, 7) is 9.64. The van der Waals surface area contributed by atoms with Crippen molar-refractivity contribution < 1.29 is 14.0 Å². The molecule has 2 aliphatic rings. The second-order valence-corrected chi connectivity index (χ2v) is 8.06. The van der Waals surface area contributed by atoms with Gasteiger partial charge in [0, 0.05) is 45.1 Å². The number of nitrogens with zero attached hydrogens (tertiary/aromatic N) is 6. The highest BCUT2D eigenvalue weighted by Gasteiger charge is 2.26. The molecule has 0 aromatic carbocycles. The number of pyridine rings is 1. The second-order valence-electron chi connectivity index (χ2n) is 8.06. The molecule has 1 atom stereocenters. The third kappa shape index (κ3) is 4.02. The Morgan fingerprint density at radius 1 is 1.13 bits per heavy atom. The molecule has 5 heterocycles. The molecular weight excluding hydrogens is 398 g/mol. The van der Waals surface area contributed by atoms with Crippen LogP contribution >= 0.6 is 0 Å². The van der Waals surface area contributed by atoms with Crippen LogP contribution in [0.4, 0.5) is 5.69 Å². The first-order valence-electron chi connectivity index (χ1n) is 11.1. The zero-order chi connectivity index (χ0) is 21.2. The minimum atomic E-state index is 0.0628. The van der Waals surface area contributed by atoms with Crippen molar-refractivity contribution in [1.29, 1.82) is 0 Å². The van der Waals surface area contributed by atoms with Crippen LogP contribution in [0.2, 0.25) is 0 Å². The largest absolute Gasteiger partial charge is 0.381 e. The van der Waals surface area contributed by atoms with Crippen molar-refractivity contribution in [3.8, 4) is 11.5 Å². The summed E-state index contributed by atoms with van der Waals surface area (Å²) in [5.41, 5.74) is 2.61. The molecule has 3 aromatic heterocycles. The minimum absolute atomic E-state index is 0.0628. The van der Waals surface area contributed by atoms with Crippen LogP contribution in [0.1, 0.15) is 38.6 Å². The van der Waals surface area contributed by atoms with Gasteiger partial charge in [-0.15, -0.1) is 0 Å². The maximum absolute atomic E-state index is 5.72. The lowest BCUT2D eigenvalue weighted by Gasteiger charge is -2.30. The molecule has 5 rings (SSSR count). The highest BCUT2D eigenvalue weighted by Crippen LogP contribution is 2.35. The molecule has 0 spiro atoms. The summed E-state index contributed by atoms with van der Waals surface area (Å²) < 4.78 is 18.6. The Bertz CT molecular complexity index is 1020. The third-order valence-electron chi connectivity index (χ3n) is 6.17. The fraction of sp³-hybridized carbons (Fsp3) is 0.619. The fourth-order valence-corrected chi connectivity index (χ4v) is 4.26. The van der Waals surface area contributed by atoms with Gasteiger partial charge in [0.25, 0.3) is 5.89 Å². The van der Waals surface area contributed by atoms with Crippen LogP contribution in [0.15, 0.2) is 16.9 Å². The van der Waals surface area contributed by atoms with Crippen LogP contribution in [0.3, 0.4) is 0 Å². The fourth-order valence-electron chi connectivity index (χ4n) is 4.26. The van der Waals surface area contributed by atoms with Gasteiger partial charge in [0.05, 0.1) is 42.1 Å². The van der Waals surface area contributed by atoms with Crippen LogP contribution in [0.25, 0.3) is 22.5 Å². The van der Waals surface area contributed by atoms with E-state index in [1.54, 1.807) is 0 Å². The number of aromatic nitrogens is 5. The number of ether oxygens (including phenoxy) is 2. The number of fused-ring (bicyclic) bond motifs is 1. The molecule has 2 aliphatic heterocycles. The molecule has 0 aliphatic carbocycles. The zero-order valence-corrected chi connectivity index (χ0v) is 18.1. The van der Waals surface area contributed by atoms with E-state index in [4.69, 9.17) is 19.0 Å². The Balaban J connectivity index is 1.50. The van der Waals surface area contributed by atoms with Crippen LogP contribution in [-0.4, -0.2) is 75.4 Å². The first-order valence-corrected chi connectivity index (χ1v) is 11.1. The molecule has 166 valence electrons. The number of hydrogen-bond donors (Lipinski definition) is 1. The second kappa shape index (κ2) is 8.89. The van der Waals surface area contributed by atoms with Gasteiger partial charge in [-0.25, -0.2) is 9.67 Å². The summed E-state index contributed by atoms with van der Waals surface area (Å²) >= 11 is 0. The first-order chi connectivity index (χ1) is 15.2. The van der Waals surface area contributed by atoms with Crippen molar-refractivity contribution in [2.45, 2.75) is 45.3 Å². The quantitative estimate of drug-likeness (QED) is 0.635. The normalized spacial score (nSPS) is 19.7. The summed E-state index contributed by atoms with van der Waals surface area (Å²) in [5.74, 6) is 1.15. The molecule has 1 unspecified atom stereocenters. The monoisotopic (exact) mass is 427 g/mol. The Morgan fingerprint density at radius 3 is 2.68 bits per heavy atom. The van der Waals surface area contributed by atoms with E-state index in [9.17, 15) is 0 Å². The highest BCUT2D eigenvalue weighted by atomic mass is 16.5. The number of anilines is 1. The Kier molecular flexibility index (Phi) is 5.84. The van der Waals surface area contributed by atoms with Crippen molar-refractivity contribution >= 4 is 16.7 Å². The predicted molar refractivity (Wildman–Crippen MR) is 115 cm³/mol. The van der Waals surface area contributed by atoms with Gasteiger partial charge < -0.3 is 19.3 Å². The van der Waals surface area contributed by atoms with E-state index < -0.39 is 0 Å². The third-order valence-corrected chi connectivity index (χ3v) is 6.17. The molecular formula is C21H29N7O3. The van der Waals surface area contributed by atoms with Crippen molar-refractivity contribution in [1.82, 2.24) is 29.8 Å². The van der Waals surface area contributed by atoms with Crippen LogP contribution in [0.5, 0.6) is 0 Å². The maximum Gasteiger partial charge on any atom is 0.261 e. The smallest absolute Gasteiger partial charge is 0.261 e. The van der Waals surface area contributed by atoms with Gasteiger partial charge in [0.15, 0.2) is 11.5 Å². The van der Waals surface area contributed by atoms with Gasteiger partial charge in [-0.05, 0) is 26.7 Å². The molecule has 0 saturated carbocycles. The Morgan fingerprint density at radius 2 is 1.90 bits per heavy atom. The lowest BCUT2D eigenvalue weighted by Crippen LogP contribution is -2.38. The standard InChI is InChI=1S/C21H29N7O3/c1-3-28-20-16(13-23-28)18(24-15-4-8-29-9-5-15)17(12-22-20)21-25-19(26-31-21)14(2)27-6-10-30-11-7-27/h12-15H,3-11H2,1-2H3,(H,22,24). The van der Waals surface area contributed by atoms with Gasteiger partial charge in [-0.1, -0.05) is 5.16 Å². The van der Waals surface area contributed by atoms with Gasteiger partial charge in [-0.2, -0.15) is 10.1 Å². The van der Waals surface area contributed by atoms with E-state index in [1.807, 2.05) is 17.1 Å². The predicted octanol–water partition coefficient (Wildman–Crippen LogP) is 2.49. The van der Waals surface area contributed by atoms with Gasteiger partial charge in [0.2, 0.25) is 0 Å². The highest BCUT2D eigenvalue weighted by molar-refractivity contribution is 5.96. The molecule has 2 fully saturated rings. The van der Waals surface area contributed by atoms with Crippen molar-refractivity contribution in [2.24, 2.45) is 0 Å². The van der Waals surface area contributed by atoms with Gasteiger partial charge in [-0.3, -0.25) is 4.90 Å². The molecule has 10 heteroatoms. The lowest BCUT2D eigenvalue weighted by molar-refractivity contribution is 0.0178. The molecule has 3 aromatic rings. The lowest BCUT2D eigenvalue weighted by atomic mass is 10.1. The Hall–Kier alpha value is -2.56. The van der Waals surface area contributed by atoms with Gasteiger partial charge in [0.1, 0.15) is 0 Å². The van der Waals surface area contributed by atoms with E-state index >= 15 is 0 Å². The summed E-state index contributed by atoms with van der Waals surface area (Å²) in [6, 6.07) is 0.380. The number of aryl methyl sites for hydroxylation is 1. The molecule has 0 radical (unpaired) electrons. The SMILES string of the molecule is CCn1ncc2c(NC3CCOCC3)c(-c3nc(C(C)N4CCOCC4)no3)cnc21. The van der Waals surface area contributed by atoms with Crippen LogP contribution in [0, 0.1) is 0 Å².